The number of rotatable bonds is 7. The van der Waals surface area contributed by atoms with Crippen molar-refractivity contribution in [2.24, 2.45) is 0 Å². The van der Waals surface area contributed by atoms with Crippen LogP contribution in [0.5, 0.6) is 5.75 Å². The van der Waals surface area contributed by atoms with E-state index in [-0.39, 0.29) is 12.3 Å². The zero-order valence-corrected chi connectivity index (χ0v) is 16.4. The lowest BCUT2D eigenvalue weighted by Gasteiger charge is -2.18. The quantitative estimate of drug-likeness (QED) is 0.656. The molecule has 1 aromatic heterocycles. The Hall–Kier alpha value is -3.35. The van der Waals surface area contributed by atoms with Gasteiger partial charge in [0.1, 0.15) is 5.75 Å². The van der Waals surface area contributed by atoms with Gasteiger partial charge in [0, 0.05) is 42.9 Å². The van der Waals surface area contributed by atoms with Crippen LogP contribution < -0.4 is 15.0 Å². The minimum atomic E-state index is -0.0761. The van der Waals surface area contributed by atoms with Gasteiger partial charge in [-0.2, -0.15) is 4.98 Å². The van der Waals surface area contributed by atoms with E-state index >= 15 is 0 Å². The van der Waals surface area contributed by atoms with E-state index < -0.39 is 0 Å². The number of aromatic nitrogens is 2. The Morgan fingerprint density at radius 3 is 2.72 bits per heavy atom. The summed E-state index contributed by atoms with van der Waals surface area (Å²) >= 11 is 0. The van der Waals surface area contributed by atoms with E-state index in [2.05, 4.69) is 26.4 Å². The molecule has 0 atom stereocenters. The normalized spacial score (nSPS) is 13.5. The molecule has 29 heavy (non-hydrogen) atoms. The predicted octanol–water partition coefficient (Wildman–Crippen LogP) is 3.92. The second-order valence-corrected chi connectivity index (χ2v) is 7.03. The van der Waals surface area contributed by atoms with E-state index in [1.165, 1.54) is 12.8 Å². The highest BCUT2D eigenvalue weighted by atomic mass is 16.5. The Morgan fingerprint density at radius 2 is 1.97 bits per heavy atom. The second-order valence-electron chi connectivity index (χ2n) is 7.03. The fourth-order valence-electron chi connectivity index (χ4n) is 3.41. The minimum Gasteiger partial charge on any atom is -0.497 e. The Labute approximate surface area is 169 Å². The molecular weight excluding hydrogens is 368 g/mol. The molecule has 4 rings (SSSR count). The van der Waals surface area contributed by atoms with Gasteiger partial charge < -0.3 is 19.5 Å². The second kappa shape index (κ2) is 8.77. The van der Waals surface area contributed by atoms with Gasteiger partial charge in [0.15, 0.2) is 0 Å². The fourth-order valence-corrected chi connectivity index (χ4v) is 3.41. The van der Waals surface area contributed by atoms with Crippen LogP contribution in [0.3, 0.4) is 0 Å². The van der Waals surface area contributed by atoms with Crippen LogP contribution >= 0.6 is 0 Å². The molecule has 1 saturated heterocycles. The summed E-state index contributed by atoms with van der Waals surface area (Å²) in [6.07, 6.45) is 3.11. The average molecular weight is 392 g/mol. The number of aryl methyl sites for hydroxylation is 1. The first kappa shape index (κ1) is 19.0. The number of carbonyl (C=O) groups excluding carboxylic acids is 1. The van der Waals surface area contributed by atoms with E-state index in [0.29, 0.717) is 18.1 Å². The van der Waals surface area contributed by atoms with E-state index in [9.17, 15) is 4.79 Å². The summed E-state index contributed by atoms with van der Waals surface area (Å²) < 4.78 is 10.4. The molecule has 2 aromatic carbocycles. The number of hydrogen-bond acceptors (Lipinski definition) is 6. The first-order valence-corrected chi connectivity index (χ1v) is 9.83. The van der Waals surface area contributed by atoms with Gasteiger partial charge in [0.25, 0.3) is 0 Å². The molecule has 1 aliphatic rings. The van der Waals surface area contributed by atoms with Crippen molar-refractivity contribution in [3.05, 3.63) is 54.4 Å². The van der Waals surface area contributed by atoms with Crippen molar-refractivity contribution in [3.63, 3.8) is 0 Å². The summed E-state index contributed by atoms with van der Waals surface area (Å²) in [6.45, 7) is 2.15. The van der Waals surface area contributed by atoms with Gasteiger partial charge in [-0.25, -0.2) is 0 Å². The van der Waals surface area contributed by atoms with Crippen molar-refractivity contribution >= 4 is 17.3 Å². The topological polar surface area (TPSA) is 80.5 Å². The van der Waals surface area contributed by atoms with Gasteiger partial charge in [0.05, 0.1) is 7.11 Å². The first-order chi connectivity index (χ1) is 14.2. The molecule has 1 aliphatic heterocycles. The molecule has 1 amide bonds. The van der Waals surface area contributed by atoms with E-state index in [1.807, 2.05) is 42.5 Å². The van der Waals surface area contributed by atoms with E-state index in [1.54, 1.807) is 7.11 Å². The summed E-state index contributed by atoms with van der Waals surface area (Å²) in [5.74, 6) is 1.63. The lowest BCUT2D eigenvalue weighted by molar-refractivity contribution is -0.116. The highest BCUT2D eigenvalue weighted by molar-refractivity contribution is 5.91. The van der Waals surface area contributed by atoms with Gasteiger partial charge in [-0.1, -0.05) is 11.2 Å². The van der Waals surface area contributed by atoms with Crippen LogP contribution in [0.4, 0.5) is 11.4 Å². The van der Waals surface area contributed by atoms with Crippen molar-refractivity contribution in [3.8, 4) is 17.1 Å². The van der Waals surface area contributed by atoms with Crippen LogP contribution in [-0.2, 0) is 11.2 Å². The largest absolute Gasteiger partial charge is 0.497 e. The highest BCUT2D eigenvalue weighted by Gasteiger charge is 2.14. The zero-order valence-electron chi connectivity index (χ0n) is 16.4. The molecule has 150 valence electrons. The molecule has 3 aromatic rings. The van der Waals surface area contributed by atoms with Gasteiger partial charge >= 0.3 is 0 Å². The molecule has 0 aliphatic carbocycles. The number of amides is 1. The number of hydrogen-bond donors (Lipinski definition) is 1. The zero-order chi connectivity index (χ0) is 20.1. The van der Waals surface area contributed by atoms with Gasteiger partial charge in [0.2, 0.25) is 17.6 Å². The van der Waals surface area contributed by atoms with Crippen LogP contribution in [-0.4, -0.2) is 36.2 Å². The van der Waals surface area contributed by atoms with Crippen LogP contribution in [0.1, 0.15) is 25.2 Å². The SMILES string of the molecule is COc1ccc(-c2noc(CCC(=O)Nc3cccc(N4CCCC4)c3)n2)cc1. The molecule has 7 heteroatoms. The fraction of sp³-hybridized carbons (Fsp3) is 0.318. The highest BCUT2D eigenvalue weighted by Crippen LogP contribution is 2.24. The minimum absolute atomic E-state index is 0.0761. The molecule has 0 unspecified atom stereocenters. The monoisotopic (exact) mass is 392 g/mol. The molecule has 0 spiro atoms. The molecule has 2 heterocycles. The number of benzene rings is 2. The number of anilines is 2. The Bertz CT molecular complexity index is 962. The van der Waals surface area contributed by atoms with Crippen molar-refractivity contribution in [1.29, 1.82) is 0 Å². The van der Waals surface area contributed by atoms with Crippen molar-refractivity contribution in [2.75, 3.05) is 30.4 Å². The smallest absolute Gasteiger partial charge is 0.227 e. The third kappa shape index (κ3) is 4.74. The van der Waals surface area contributed by atoms with Gasteiger partial charge in [-0.15, -0.1) is 0 Å². The Morgan fingerprint density at radius 1 is 1.17 bits per heavy atom. The lowest BCUT2D eigenvalue weighted by atomic mass is 10.2. The summed E-state index contributed by atoms with van der Waals surface area (Å²) in [6, 6.07) is 15.4. The number of nitrogens with one attached hydrogen (secondary N) is 1. The van der Waals surface area contributed by atoms with Crippen LogP contribution in [0.15, 0.2) is 53.1 Å². The summed E-state index contributed by atoms with van der Waals surface area (Å²) in [4.78, 5) is 19.1. The standard InChI is InChI=1S/C22H24N4O3/c1-28-19-9-7-16(8-10-19)22-24-21(29-25-22)12-11-20(27)23-17-5-4-6-18(15-17)26-13-2-3-14-26/h4-10,15H,2-3,11-14H2,1H3,(H,23,27). The van der Waals surface area contributed by atoms with Crippen molar-refractivity contribution in [2.45, 2.75) is 25.7 Å². The lowest BCUT2D eigenvalue weighted by Crippen LogP contribution is -2.18. The maximum absolute atomic E-state index is 12.3. The Kier molecular flexibility index (Phi) is 5.74. The third-order valence-electron chi connectivity index (χ3n) is 4.98. The summed E-state index contributed by atoms with van der Waals surface area (Å²) in [5, 5.41) is 6.95. The van der Waals surface area contributed by atoms with Gasteiger partial charge in [-0.3, -0.25) is 4.79 Å². The van der Waals surface area contributed by atoms with Crippen molar-refractivity contribution < 1.29 is 14.1 Å². The molecule has 0 radical (unpaired) electrons. The van der Waals surface area contributed by atoms with Crippen LogP contribution in [0.25, 0.3) is 11.4 Å². The van der Waals surface area contributed by atoms with E-state index in [0.717, 1.165) is 35.8 Å². The number of methoxy groups -OCH3 is 1. The van der Waals surface area contributed by atoms with Crippen LogP contribution in [0.2, 0.25) is 0 Å². The molecule has 1 N–H and O–H groups in total. The molecule has 1 fully saturated rings. The van der Waals surface area contributed by atoms with E-state index in [4.69, 9.17) is 9.26 Å². The molecule has 7 nitrogen and oxygen atoms in total. The van der Waals surface area contributed by atoms with Crippen molar-refractivity contribution in [1.82, 2.24) is 10.1 Å². The third-order valence-corrected chi connectivity index (χ3v) is 4.98. The van der Waals surface area contributed by atoms with Gasteiger partial charge in [-0.05, 0) is 55.3 Å². The Balaban J connectivity index is 1.32. The molecule has 0 bridgehead atoms. The maximum Gasteiger partial charge on any atom is 0.227 e. The molecular formula is C22H24N4O3. The first-order valence-electron chi connectivity index (χ1n) is 9.83. The summed E-state index contributed by atoms with van der Waals surface area (Å²) in [7, 11) is 1.62. The number of ether oxygens (including phenoxy) is 1. The van der Waals surface area contributed by atoms with Crippen LogP contribution in [0, 0.1) is 0 Å². The molecule has 0 saturated carbocycles. The average Bonchev–Trinajstić information content (AvgIpc) is 3.45. The summed E-state index contributed by atoms with van der Waals surface area (Å²) in [5.41, 5.74) is 2.80. The number of carbonyl (C=O) groups is 1. The predicted molar refractivity (Wildman–Crippen MR) is 111 cm³/mol. The maximum atomic E-state index is 12.3. The number of nitrogens with zero attached hydrogens (tertiary/aromatic N) is 3.